The van der Waals surface area contributed by atoms with Gasteiger partial charge >= 0.3 is 5.97 Å². The highest BCUT2D eigenvalue weighted by Gasteiger charge is 2.26. The second-order valence-corrected chi connectivity index (χ2v) is 5.32. The Morgan fingerprint density at radius 1 is 1.27 bits per heavy atom. The number of hydrogen-bond donors (Lipinski definition) is 1. The van der Waals surface area contributed by atoms with E-state index >= 15 is 0 Å². The van der Waals surface area contributed by atoms with E-state index in [9.17, 15) is 14.4 Å². The van der Waals surface area contributed by atoms with Gasteiger partial charge in [-0.05, 0) is 25.0 Å². The first kappa shape index (κ1) is 16.0. The van der Waals surface area contributed by atoms with E-state index in [1.165, 1.54) is 7.11 Å². The van der Waals surface area contributed by atoms with Crippen molar-refractivity contribution >= 4 is 23.5 Å². The number of esters is 1. The van der Waals surface area contributed by atoms with Crippen molar-refractivity contribution in [2.24, 2.45) is 0 Å². The van der Waals surface area contributed by atoms with Crippen LogP contribution in [0.15, 0.2) is 18.2 Å². The molecule has 0 aromatic heterocycles. The molecule has 0 unspecified atom stereocenters. The third kappa shape index (κ3) is 3.63. The van der Waals surface area contributed by atoms with Crippen LogP contribution in [0.2, 0.25) is 0 Å². The summed E-state index contributed by atoms with van der Waals surface area (Å²) in [6.45, 7) is 0.507. The number of nitrogens with zero attached hydrogens (tertiary/aromatic N) is 1. The first-order valence-electron chi connectivity index (χ1n) is 7.27. The Morgan fingerprint density at radius 3 is 2.73 bits per heavy atom. The zero-order valence-electron chi connectivity index (χ0n) is 12.8. The van der Waals surface area contributed by atoms with Crippen LogP contribution >= 0.6 is 0 Å². The smallest absolute Gasteiger partial charge is 0.305 e. The molecule has 1 N–H and O–H groups in total. The highest BCUT2D eigenvalue weighted by atomic mass is 16.5. The molecular weight excluding hydrogens is 284 g/mol. The van der Waals surface area contributed by atoms with Crippen LogP contribution in [-0.4, -0.2) is 36.8 Å². The van der Waals surface area contributed by atoms with Crippen molar-refractivity contribution in [3.05, 3.63) is 29.3 Å². The molecule has 1 heterocycles. The third-order valence-corrected chi connectivity index (χ3v) is 3.68. The molecule has 6 heteroatoms. The summed E-state index contributed by atoms with van der Waals surface area (Å²) < 4.78 is 4.55. The molecule has 2 amide bonds. The average Bonchev–Trinajstić information content (AvgIpc) is 2.80. The number of rotatable bonds is 6. The number of nitrogens with one attached hydrogen (secondary N) is 1. The van der Waals surface area contributed by atoms with Gasteiger partial charge in [-0.15, -0.1) is 0 Å². The van der Waals surface area contributed by atoms with Crippen molar-refractivity contribution in [1.82, 2.24) is 4.90 Å². The monoisotopic (exact) mass is 304 g/mol. The van der Waals surface area contributed by atoms with E-state index in [0.29, 0.717) is 43.5 Å². The number of anilines is 1. The van der Waals surface area contributed by atoms with Crippen molar-refractivity contribution in [2.75, 3.05) is 19.5 Å². The topological polar surface area (TPSA) is 75.7 Å². The standard InChI is InChI=1S/C16H20N2O4/c1-18-10-12-11(16(18)21)6-5-7-13(12)17-14(19)8-3-4-9-15(20)22-2/h5-7H,3-4,8-10H2,1-2H3,(H,17,19). The van der Waals surface area contributed by atoms with Crippen molar-refractivity contribution in [3.63, 3.8) is 0 Å². The van der Waals surface area contributed by atoms with Crippen LogP contribution in [0.5, 0.6) is 0 Å². The molecule has 0 bridgehead atoms. The number of unbranched alkanes of at least 4 members (excludes halogenated alkanes) is 1. The van der Waals surface area contributed by atoms with Crippen LogP contribution in [-0.2, 0) is 20.9 Å². The van der Waals surface area contributed by atoms with Crippen molar-refractivity contribution in [2.45, 2.75) is 32.2 Å². The van der Waals surface area contributed by atoms with Gasteiger partial charge in [0.2, 0.25) is 5.91 Å². The molecule has 1 aromatic carbocycles. The van der Waals surface area contributed by atoms with Gasteiger partial charge in [0, 0.05) is 43.2 Å². The van der Waals surface area contributed by atoms with E-state index in [0.717, 1.165) is 5.56 Å². The molecule has 118 valence electrons. The highest BCUT2D eigenvalue weighted by molar-refractivity contribution is 6.01. The molecule has 1 aliphatic rings. The van der Waals surface area contributed by atoms with Crippen LogP contribution in [0, 0.1) is 0 Å². The Labute approximate surface area is 129 Å². The van der Waals surface area contributed by atoms with Gasteiger partial charge < -0.3 is 15.0 Å². The maximum absolute atomic E-state index is 12.0. The fourth-order valence-electron chi connectivity index (χ4n) is 2.46. The molecule has 1 aromatic rings. The summed E-state index contributed by atoms with van der Waals surface area (Å²) in [5.74, 6) is -0.396. The van der Waals surface area contributed by atoms with Gasteiger partial charge in [0.05, 0.1) is 7.11 Å². The number of ether oxygens (including phenoxy) is 1. The van der Waals surface area contributed by atoms with E-state index in [4.69, 9.17) is 0 Å². The first-order chi connectivity index (χ1) is 10.5. The summed E-state index contributed by atoms with van der Waals surface area (Å²) in [6.07, 6.45) is 1.90. The van der Waals surface area contributed by atoms with E-state index < -0.39 is 0 Å². The molecule has 0 fully saturated rings. The van der Waals surface area contributed by atoms with Gasteiger partial charge in [0.15, 0.2) is 0 Å². The number of fused-ring (bicyclic) bond motifs is 1. The quantitative estimate of drug-likeness (QED) is 0.644. The Kier molecular flexibility index (Phi) is 5.14. The molecule has 6 nitrogen and oxygen atoms in total. The minimum Gasteiger partial charge on any atom is -0.469 e. The summed E-state index contributed by atoms with van der Waals surface area (Å²) >= 11 is 0. The zero-order valence-corrected chi connectivity index (χ0v) is 12.8. The Balaban J connectivity index is 1.88. The molecule has 0 spiro atoms. The largest absolute Gasteiger partial charge is 0.469 e. The highest BCUT2D eigenvalue weighted by Crippen LogP contribution is 2.28. The molecular formula is C16H20N2O4. The maximum Gasteiger partial charge on any atom is 0.305 e. The second-order valence-electron chi connectivity index (χ2n) is 5.32. The predicted molar refractivity (Wildman–Crippen MR) is 81.4 cm³/mol. The molecule has 2 rings (SSSR count). The number of carbonyl (C=O) groups is 3. The van der Waals surface area contributed by atoms with Crippen molar-refractivity contribution in [1.29, 1.82) is 0 Å². The van der Waals surface area contributed by atoms with Gasteiger partial charge in [-0.25, -0.2) is 0 Å². The zero-order chi connectivity index (χ0) is 16.1. The van der Waals surface area contributed by atoms with Crippen molar-refractivity contribution in [3.8, 4) is 0 Å². The lowest BCUT2D eigenvalue weighted by Gasteiger charge is -2.09. The molecule has 1 aliphatic heterocycles. The summed E-state index contributed by atoms with van der Waals surface area (Å²) in [6, 6.07) is 5.34. The number of methoxy groups -OCH3 is 1. The summed E-state index contributed by atoms with van der Waals surface area (Å²) in [7, 11) is 3.09. The first-order valence-corrected chi connectivity index (χ1v) is 7.27. The van der Waals surface area contributed by atoms with Crippen LogP contribution < -0.4 is 5.32 Å². The van der Waals surface area contributed by atoms with Crippen LogP contribution in [0.1, 0.15) is 41.6 Å². The number of carbonyl (C=O) groups excluding carboxylic acids is 3. The predicted octanol–water partition coefficient (Wildman–Crippen LogP) is 1.94. The Bertz CT molecular complexity index is 598. The average molecular weight is 304 g/mol. The lowest BCUT2D eigenvalue weighted by molar-refractivity contribution is -0.140. The van der Waals surface area contributed by atoms with E-state index in [1.807, 2.05) is 0 Å². The molecule has 22 heavy (non-hydrogen) atoms. The number of benzene rings is 1. The van der Waals surface area contributed by atoms with Gasteiger partial charge in [0.1, 0.15) is 0 Å². The summed E-state index contributed by atoms with van der Waals surface area (Å²) in [4.78, 5) is 36.5. The SMILES string of the molecule is COC(=O)CCCCC(=O)Nc1cccc2c1CN(C)C2=O. The lowest BCUT2D eigenvalue weighted by atomic mass is 10.1. The summed E-state index contributed by atoms with van der Waals surface area (Å²) in [5, 5.41) is 2.85. The third-order valence-electron chi connectivity index (χ3n) is 3.68. The maximum atomic E-state index is 12.0. The van der Waals surface area contributed by atoms with Gasteiger partial charge in [-0.1, -0.05) is 6.07 Å². The van der Waals surface area contributed by atoms with Crippen LogP contribution in [0.4, 0.5) is 5.69 Å². The van der Waals surface area contributed by atoms with Gasteiger partial charge in [-0.3, -0.25) is 14.4 Å². The Hall–Kier alpha value is -2.37. The van der Waals surface area contributed by atoms with Gasteiger partial charge in [-0.2, -0.15) is 0 Å². The fraction of sp³-hybridized carbons (Fsp3) is 0.438. The molecule has 0 aliphatic carbocycles. The minimum absolute atomic E-state index is 0.0239. The van der Waals surface area contributed by atoms with Crippen LogP contribution in [0.25, 0.3) is 0 Å². The van der Waals surface area contributed by atoms with E-state index in [1.54, 1.807) is 30.1 Å². The van der Waals surface area contributed by atoms with Crippen molar-refractivity contribution < 1.29 is 19.1 Å². The number of hydrogen-bond acceptors (Lipinski definition) is 4. The normalized spacial score (nSPS) is 13.0. The molecule has 0 atom stereocenters. The second kappa shape index (κ2) is 7.06. The summed E-state index contributed by atoms with van der Waals surface area (Å²) in [5.41, 5.74) is 2.19. The van der Waals surface area contributed by atoms with E-state index in [2.05, 4.69) is 10.1 Å². The molecule has 0 saturated heterocycles. The number of amides is 2. The molecule has 0 saturated carbocycles. The minimum atomic E-state index is -0.261. The lowest BCUT2D eigenvalue weighted by Crippen LogP contribution is -2.17. The van der Waals surface area contributed by atoms with Gasteiger partial charge in [0.25, 0.3) is 5.91 Å². The molecule has 0 radical (unpaired) electrons. The fourth-order valence-corrected chi connectivity index (χ4v) is 2.46. The van der Waals surface area contributed by atoms with Crippen LogP contribution in [0.3, 0.4) is 0 Å². The van der Waals surface area contributed by atoms with E-state index in [-0.39, 0.29) is 17.8 Å². The Morgan fingerprint density at radius 2 is 2.00 bits per heavy atom.